The second-order valence-corrected chi connectivity index (χ2v) is 7.97. The van der Waals surface area contributed by atoms with E-state index in [4.69, 9.17) is 4.74 Å². The molecule has 8 nitrogen and oxygen atoms in total. The van der Waals surface area contributed by atoms with Gasteiger partial charge in [-0.15, -0.1) is 0 Å². The van der Waals surface area contributed by atoms with Crippen molar-refractivity contribution in [1.82, 2.24) is 9.80 Å². The number of hydrogen-bond acceptors (Lipinski definition) is 6. The molecule has 1 aliphatic carbocycles. The number of nitro benzene ring substituents is 1. The van der Waals surface area contributed by atoms with Gasteiger partial charge < -0.3 is 14.5 Å². The Hall–Kier alpha value is -2.19. The van der Waals surface area contributed by atoms with Gasteiger partial charge in [-0.3, -0.25) is 19.8 Å². The number of piperazine rings is 1. The van der Waals surface area contributed by atoms with E-state index in [9.17, 15) is 14.9 Å². The number of carbonyl (C=O) groups is 1. The van der Waals surface area contributed by atoms with Gasteiger partial charge in [0.05, 0.1) is 18.1 Å². The van der Waals surface area contributed by atoms with Gasteiger partial charge in [-0.05, 0) is 24.8 Å². The lowest BCUT2D eigenvalue weighted by Gasteiger charge is -2.43. The van der Waals surface area contributed by atoms with E-state index in [1.807, 2.05) is 11.0 Å². The number of amides is 1. The van der Waals surface area contributed by atoms with E-state index in [1.54, 1.807) is 12.1 Å². The second-order valence-electron chi connectivity index (χ2n) is 7.97. The van der Waals surface area contributed by atoms with Gasteiger partial charge in [0.15, 0.2) is 0 Å². The molecule has 0 N–H and O–H groups in total. The lowest BCUT2D eigenvalue weighted by atomic mass is 9.84. The van der Waals surface area contributed by atoms with Crippen molar-refractivity contribution >= 4 is 17.3 Å². The standard InChI is InChI=1S/C20H28N4O4/c25-20(19-15-28-12-11-23(19)14-16-3-1-4-16)22-9-7-21(8-10-22)17-5-2-6-18(13-17)24(26)27/h2,5-6,13,16,19H,1,3-4,7-12,14-15H2. The molecular weight excluding hydrogens is 360 g/mol. The molecule has 2 saturated heterocycles. The van der Waals surface area contributed by atoms with E-state index in [1.165, 1.54) is 25.3 Å². The number of nitrogens with zero attached hydrogens (tertiary/aromatic N) is 4. The fourth-order valence-electron chi connectivity index (χ4n) is 4.29. The van der Waals surface area contributed by atoms with Crippen LogP contribution in [-0.2, 0) is 9.53 Å². The molecular formula is C20H28N4O4. The first-order chi connectivity index (χ1) is 13.6. The van der Waals surface area contributed by atoms with Crippen LogP contribution in [0.5, 0.6) is 0 Å². The lowest BCUT2D eigenvalue weighted by molar-refractivity contribution is -0.384. The summed E-state index contributed by atoms with van der Waals surface area (Å²) in [5, 5.41) is 11.0. The Morgan fingerprint density at radius 3 is 2.64 bits per heavy atom. The van der Waals surface area contributed by atoms with E-state index in [0.717, 1.165) is 24.7 Å². The van der Waals surface area contributed by atoms with Crippen molar-refractivity contribution in [2.45, 2.75) is 25.3 Å². The third-order valence-corrected chi connectivity index (χ3v) is 6.24. The Morgan fingerprint density at radius 2 is 1.96 bits per heavy atom. The predicted octanol–water partition coefficient (Wildman–Crippen LogP) is 1.74. The Bertz CT molecular complexity index is 716. The van der Waals surface area contributed by atoms with Gasteiger partial charge in [0, 0.05) is 57.1 Å². The first-order valence-corrected chi connectivity index (χ1v) is 10.2. The first kappa shape index (κ1) is 19.1. The van der Waals surface area contributed by atoms with Crippen LogP contribution in [0.2, 0.25) is 0 Å². The number of anilines is 1. The smallest absolute Gasteiger partial charge is 0.271 e. The van der Waals surface area contributed by atoms with Crippen molar-refractivity contribution in [1.29, 1.82) is 0 Å². The van der Waals surface area contributed by atoms with Gasteiger partial charge >= 0.3 is 0 Å². The molecule has 1 aromatic rings. The fraction of sp³-hybridized carbons (Fsp3) is 0.650. The highest BCUT2D eigenvalue weighted by atomic mass is 16.6. The molecule has 8 heteroatoms. The molecule has 1 unspecified atom stereocenters. The SMILES string of the molecule is O=C(C1COCCN1CC1CCC1)N1CCN(c2cccc([N+](=O)[O-])c2)CC1. The summed E-state index contributed by atoms with van der Waals surface area (Å²) in [6.07, 6.45) is 3.87. The van der Waals surface area contributed by atoms with Crippen LogP contribution in [0.1, 0.15) is 19.3 Å². The second kappa shape index (κ2) is 8.45. The molecule has 1 atom stereocenters. The molecule has 3 fully saturated rings. The van der Waals surface area contributed by atoms with Gasteiger partial charge in [-0.25, -0.2) is 0 Å². The average molecular weight is 388 g/mol. The van der Waals surface area contributed by atoms with Crippen molar-refractivity contribution in [2.75, 3.05) is 57.4 Å². The average Bonchev–Trinajstić information content (AvgIpc) is 2.71. The normalized spacial score (nSPS) is 24.1. The lowest BCUT2D eigenvalue weighted by Crippen LogP contribution is -2.59. The highest BCUT2D eigenvalue weighted by molar-refractivity contribution is 5.82. The molecule has 0 spiro atoms. The number of carbonyl (C=O) groups excluding carboxylic acids is 1. The van der Waals surface area contributed by atoms with E-state index >= 15 is 0 Å². The Balaban J connectivity index is 1.35. The van der Waals surface area contributed by atoms with E-state index < -0.39 is 0 Å². The quantitative estimate of drug-likeness (QED) is 0.565. The summed E-state index contributed by atoms with van der Waals surface area (Å²) in [6, 6.07) is 6.54. The molecule has 1 saturated carbocycles. The molecule has 0 radical (unpaired) electrons. The Morgan fingerprint density at radius 1 is 1.18 bits per heavy atom. The number of ether oxygens (including phenoxy) is 1. The van der Waals surface area contributed by atoms with Crippen LogP contribution in [0.3, 0.4) is 0 Å². The monoisotopic (exact) mass is 388 g/mol. The van der Waals surface area contributed by atoms with Crippen LogP contribution in [0, 0.1) is 16.0 Å². The summed E-state index contributed by atoms with van der Waals surface area (Å²) in [5.41, 5.74) is 0.941. The highest BCUT2D eigenvalue weighted by Gasteiger charge is 2.35. The Kier molecular flexibility index (Phi) is 5.77. The molecule has 0 bridgehead atoms. The third-order valence-electron chi connectivity index (χ3n) is 6.24. The van der Waals surface area contributed by atoms with Gasteiger partial charge in [0.1, 0.15) is 6.04 Å². The zero-order valence-electron chi connectivity index (χ0n) is 16.2. The number of morpholine rings is 1. The number of rotatable bonds is 5. The highest BCUT2D eigenvalue weighted by Crippen LogP contribution is 2.29. The molecule has 2 aliphatic heterocycles. The fourth-order valence-corrected chi connectivity index (χ4v) is 4.29. The summed E-state index contributed by atoms with van der Waals surface area (Å²) >= 11 is 0. The van der Waals surface area contributed by atoms with Crippen LogP contribution in [0.15, 0.2) is 24.3 Å². The topological polar surface area (TPSA) is 79.2 Å². The molecule has 1 amide bonds. The van der Waals surface area contributed by atoms with Gasteiger partial charge in [-0.1, -0.05) is 12.5 Å². The zero-order chi connectivity index (χ0) is 19.5. The molecule has 0 aromatic heterocycles. The Labute approximate surface area is 165 Å². The summed E-state index contributed by atoms with van der Waals surface area (Å²) in [4.78, 5) is 30.1. The van der Waals surface area contributed by atoms with Crippen LogP contribution in [-0.4, -0.2) is 79.2 Å². The molecule has 152 valence electrons. The number of benzene rings is 1. The van der Waals surface area contributed by atoms with Gasteiger partial charge in [0.2, 0.25) is 5.91 Å². The van der Waals surface area contributed by atoms with Crippen molar-refractivity contribution < 1.29 is 14.5 Å². The zero-order valence-corrected chi connectivity index (χ0v) is 16.2. The van der Waals surface area contributed by atoms with E-state index in [0.29, 0.717) is 39.4 Å². The maximum Gasteiger partial charge on any atom is 0.271 e. The largest absolute Gasteiger partial charge is 0.378 e. The first-order valence-electron chi connectivity index (χ1n) is 10.2. The number of non-ortho nitro benzene ring substituents is 1. The maximum absolute atomic E-state index is 13.1. The van der Waals surface area contributed by atoms with Gasteiger partial charge in [0.25, 0.3) is 5.69 Å². The summed E-state index contributed by atoms with van der Waals surface area (Å²) in [5.74, 6) is 0.900. The number of nitro groups is 1. The number of hydrogen-bond donors (Lipinski definition) is 0. The van der Waals surface area contributed by atoms with Crippen molar-refractivity contribution in [3.05, 3.63) is 34.4 Å². The van der Waals surface area contributed by atoms with E-state index in [2.05, 4.69) is 9.80 Å². The molecule has 3 aliphatic rings. The summed E-state index contributed by atoms with van der Waals surface area (Å²) in [6.45, 7) is 5.67. The predicted molar refractivity (Wildman–Crippen MR) is 105 cm³/mol. The van der Waals surface area contributed by atoms with Crippen LogP contribution < -0.4 is 4.90 Å². The van der Waals surface area contributed by atoms with Crippen molar-refractivity contribution in [3.63, 3.8) is 0 Å². The third kappa shape index (κ3) is 4.12. The van der Waals surface area contributed by atoms with Gasteiger partial charge in [-0.2, -0.15) is 0 Å². The van der Waals surface area contributed by atoms with Crippen molar-refractivity contribution in [2.24, 2.45) is 5.92 Å². The molecule has 28 heavy (non-hydrogen) atoms. The van der Waals surface area contributed by atoms with E-state index in [-0.39, 0.29) is 22.6 Å². The molecule has 1 aromatic carbocycles. The molecule has 2 heterocycles. The molecule has 4 rings (SSSR count). The minimum Gasteiger partial charge on any atom is -0.378 e. The summed E-state index contributed by atoms with van der Waals surface area (Å²) < 4.78 is 5.62. The van der Waals surface area contributed by atoms with Crippen LogP contribution >= 0.6 is 0 Å². The maximum atomic E-state index is 13.1. The van der Waals surface area contributed by atoms with Crippen LogP contribution in [0.4, 0.5) is 11.4 Å². The van der Waals surface area contributed by atoms with Crippen LogP contribution in [0.25, 0.3) is 0 Å². The van der Waals surface area contributed by atoms with Crippen molar-refractivity contribution in [3.8, 4) is 0 Å². The summed E-state index contributed by atoms with van der Waals surface area (Å²) in [7, 11) is 0. The minimum absolute atomic E-state index is 0.0991. The minimum atomic E-state index is -0.372.